The molecule has 0 radical (unpaired) electrons. The van der Waals surface area contributed by atoms with E-state index in [1.165, 1.54) is 24.7 Å². The molecule has 1 aromatic rings. The van der Waals surface area contributed by atoms with Crippen LogP contribution < -0.4 is 5.32 Å². The summed E-state index contributed by atoms with van der Waals surface area (Å²) in [5.74, 6) is -0.257. The molecule has 17 heavy (non-hydrogen) atoms. The van der Waals surface area contributed by atoms with Crippen LogP contribution in [0.15, 0.2) is 12.1 Å². The Labute approximate surface area is 102 Å². The Morgan fingerprint density at radius 2 is 2.18 bits per heavy atom. The molecule has 0 bridgehead atoms. The SMILES string of the molecule is COC(=O)c1cc(C)c(C)c(C2CCCN2)c1. The lowest BCUT2D eigenvalue weighted by atomic mass is 9.94. The van der Waals surface area contributed by atoms with Crippen molar-refractivity contribution in [3.63, 3.8) is 0 Å². The van der Waals surface area contributed by atoms with Gasteiger partial charge < -0.3 is 10.1 Å². The summed E-state index contributed by atoms with van der Waals surface area (Å²) in [5, 5.41) is 3.47. The Balaban J connectivity index is 2.42. The van der Waals surface area contributed by atoms with Gasteiger partial charge in [0.05, 0.1) is 12.7 Å². The maximum Gasteiger partial charge on any atom is 0.337 e. The van der Waals surface area contributed by atoms with Crippen LogP contribution in [0.3, 0.4) is 0 Å². The highest BCUT2D eigenvalue weighted by Gasteiger charge is 2.20. The number of hydrogen-bond donors (Lipinski definition) is 1. The molecule has 1 atom stereocenters. The van der Waals surface area contributed by atoms with Crippen LogP contribution in [-0.4, -0.2) is 19.6 Å². The molecule has 1 heterocycles. The second-order valence-corrected chi connectivity index (χ2v) is 4.65. The zero-order valence-corrected chi connectivity index (χ0v) is 10.7. The number of ether oxygens (including phenoxy) is 1. The Kier molecular flexibility index (Phi) is 3.48. The van der Waals surface area contributed by atoms with Gasteiger partial charge in [-0.3, -0.25) is 0 Å². The van der Waals surface area contributed by atoms with E-state index in [9.17, 15) is 4.79 Å². The van der Waals surface area contributed by atoms with Crippen molar-refractivity contribution >= 4 is 5.97 Å². The first-order chi connectivity index (χ1) is 8.13. The van der Waals surface area contributed by atoms with Crippen molar-refractivity contribution in [2.45, 2.75) is 32.7 Å². The molecule has 1 saturated heterocycles. The highest BCUT2D eigenvalue weighted by Crippen LogP contribution is 2.28. The van der Waals surface area contributed by atoms with Crippen LogP contribution in [0, 0.1) is 13.8 Å². The molecule has 2 rings (SSSR count). The Morgan fingerprint density at radius 1 is 1.41 bits per heavy atom. The number of benzene rings is 1. The number of esters is 1. The summed E-state index contributed by atoms with van der Waals surface area (Å²) in [6.45, 7) is 5.22. The van der Waals surface area contributed by atoms with Gasteiger partial charge in [-0.15, -0.1) is 0 Å². The van der Waals surface area contributed by atoms with Gasteiger partial charge in [-0.2, -0.15) is 0 Å². The summed E-state index contributed by atoms with van der Waals surface area (Å²) < 4.78 is 4.79. The van der Waals surface area contributed by atoms with E-state index in [-0.39, 0.29) is 5.97 Å². The number of carbonyl (C=O) groups is 1. The molecular weight excluding hydrogens is 214 g/mol. The molecule has 0 aromatic heterocycles. The normalized spacial score (nSPS) is 19.4. The van der Waals surface area contributed by atoms with E-state index in [1.807, 2.05) is 19.1 Å². The molecule has 1 aromatic carbocycles. The minimum Gasteiger partial charge on any atom is -0.465 e. The molecular formula is C14H19NO2. The second-order valence-electron chi connectivity index (χ2n) is 4.65. The lowest BCUT2D eigenvalue weighted by Gasteiger charge is -2.17. The quantitative estimate of drug-likeness (QED) is 0.798. The summed E-state index contributed by atoms with van der Waals surface area (Å²) in [5.41, 5.74) is 4.32. The molecule has 1 fully saturated rings. The Morgan fingerprint density at radius 3 is 2.76 bits per heavy atom. The maximum absolute atomic E-state index is 11.6. The van der Waals surface area contributed by atoms with Crippen molar-refractivity contribution in [1.29, 1.82) is 0 Å². The maximum atomic E-state index is 11.6. The van der Waals surface area contributed by atoms with Crippen LogP contribution in [0.1, 0.15) is 45.9 Å². The van der Waals surface area contributed by atoms with Crippen molar-refractivity contribution < 1.29 is 9.53 Å². The van der Waals surface area contributed by atoms with Gasteiger partial charge in [-0.05, 0) is 62.1 Å². The molecule has 0 saturated carbocycles. The topological polar surface area (TPSA) is 38.3 Å². The van der Waals surface area contributed by atoms with Crippen LogP contribution in [0.5, 0.6) is 0 Å². The summed E-state index contributed by atoms with van der Waals surface area (Å²) in [6, 6.07) is 4.26. The molecule has 0 spiro atoms. The average molecular weight is 233 g/mol. The lowest BCUT2D eigenvalue weighted by Crippen LogP contribution is -2.15. The van der Waals surface area contributed by atoms with E-state index in [4.69, 9.17) is 4.74 Å². The number of carbonyl (C=O) groups excluding carboxylic acids is 1. The second kappa shape index (κ2) is 4.88. The third-order valence-electron chi connectivity index (χ3n) is 3.56. The molecule has 1 aliphatic heterocycles. The van der Waals surface area contributed by atoms with Crippen LogP contribution in [0.2, 0.25) is 0 Å². The van der Waals surface area contributed by atoms with Gasteiger partial charge in [0.1, 0.15) is 0 Å². The van der Waals surface area contributed by atoms with Crippen molar-refractivity contribution in [2.75, 3.05) is 13.7 Å². The van der Waals surface area contributed by atoms with E-state index < -0.39 is 0 Å². The summed E-state index contributed by atoms with van der Waals surface area (Å²) in [4.78, 5) is 11.6. The first kappa shape index (κ1) is 12.1. The van der Waals surface area contributed by atoms with E-state index >= 15 is 0 Å². The zero-order valence-electron chi connectivity index (χ0n) is 10.7. The fraction of sp³-hybridized carbons (Fsp3) is 0.500. The van der Waals surface area contributed by atoms with Gasteiger partial charge in [-0.1, -0.05) is 0 Å². The van der Waals surface area contributed by atoms with Gasteiger partial charge in [0.25, 0.3) is 0 Å². The summed E-state index contributed by atoms with van der Waals surface area (Å²) in [7, 11) is 1.42. The predicted molar refractivity (Wildman–Crippen MR) is 67.2 cm³/mol. The van der Waals surface area contributed by atoms with Crippen LogP contribution in [0.25, 0.3) is 0 Å². The minimum atomic E-state index is -0.257. The van der Waals surface area contributed by atoms with E-state index in [0.717, 1.165) is 18.5 Å². The van der Waals surface area contributed by atoms with Gasteiger partial charge in [-0.25, -0.2) is 4.79 Å². The van der Waals surface area contributed by atoms with Crippen molar-refractivity contribution in [1.82, 2.24) is 5.32 Å². The predicted octanol–water partition coefficient (Wildman–Crippen LogP) is 2.51. The molecule has 3 heteroatoms. The van der Waals surface area contributed by atoms with Gasteiger partial charge in [0.2, 0.25) is 0 Å². The number of rotatable bonds is 2. The van der Waals surface area contributed by atoms with E-state index in [0.29, 0.717) is 11.6 Å². The number of nitrogens with one attached hydrogen (secondary N) is 1. The number of methoxy groups -OCH3 is 1. The Hall–Kier alpha value is -1.35. The largest absolute Gasteiger partial charge is 0.465 e. The van der Waals surface area contributed by atoms with E-state index in [2.05, 4.69) is 12.2 Å². The van der Waals surface area contributed by atoms with Crippen LogP contribution in [-0.2, 0) is 4.74 Å². The molecule has 1 N–H and O–H groups in total. The third kappa shape index (κ3) is 2.34. The first-order valence-corrected chi connectivity index (χ1v) is 6.06. The summed E-state index contributed by atoms with van der Waals surface area (Å²) in [6.07, 6.45) is 2.34. The third-order valence-corrected chi connectivity index (χ3v) is 3.56. The minimum absolute atomic E-state index is 0.257. The monoisotopic (exact) mass is 233 g/mol. The average Bonchev–Trinajstić information content (AvgIpc) is 2.85. The molecule has 1 aliphatic rings. The van der Waals surface area contributed by atoms with Gasteiger partial charge >= 0.3 is 5.97 Å². The smallest absolute Gasteiger partial charge is 0.337 e. The van der Waals surface area contributed by atoms with Crippen molar-refractivity contribution in [3.8, 4) is 0 Å². The highest BCUT2D eigenvalue weighted by atomic mass is 16.5. The van der Waals surface area contributed by atoms with Crippen LogP contribution in [0.4, 0.5) is 0 Å². The highest BCUT2D eigenvalue weighted by molar-refractivity contribution is 5.90. The van der Waals surface area contributed by atoms with Crippen molar-refractivity contribution in [3.05, 3.63) is 34.4 Å². The molecule has 0 aliphatic carbocycles. The van der Waals surface area contributed by atoms with Gasteiger partial charge in [0, 0.05) is 6.04 Å². The number of aryl methyl sites for hydroxylation is 1. The molecule has 1 unspecified atom stereocenters. The number of hydrogen-bond acceptors (Lipinski definition) is 3. The van der Waals surface area contributed by atoms with Crippen LogP contribution >= 0.6 is 0 Å². The Bertz CT molecular complexity index is 434. The molecule has 92 valence electrons. The fourth-order valence-corrected chi connectivity index (χ4v) is 2.43. The van der Waals surface area contributed by atoms with E-state index in [1.54, 1.807) is 0 Å². The lowest BCUT2D eigenvalue weighted by molar-refractivity contribution is 0.0600. The molecule has 3 nitrogen and oxygen atoms in total. The standard InChI is InChI=1S/C14H19NO2/c1-9-7-11(14(16)17-3)8-12(10(9)2)13-5-4-6-15-13/h7-8,13,15H,4-6H2,1-3H3. The van der Waals surface area contributed by atoms with Gasteiger partial charge in [0.15, 0.2) is 0 Å². The zero-order chi connectivity index (χ0) is 12.4. The molecule has 0 amide bonds. The first-order valence-electron chi connectivity index (χ1n) is 6.06. The van der Waals surface area contributed by atoms with Crippen molar-refractivity contribution in [2.24, 2.45) is 0 Å². The fourth-order valence-electron chi connectivity index (χ4n) is 2.43. The summed E-state index contributed by atoms with van der Waals surface area (Å²) >= 11 is 0.